The fourth-order valence-electron chi connectivity index (χ4n) is 4.04. The Balaban J connectivity index is 1.48. The van der Waals surface area contributed by atoms with Gasteiger partial charge in [-0.25, -0.2) is 0 Å². The van der Waals surface area contributed by atoms with Gasteiger partial charge in [-0.05, 0) is 43.1 Å². The van der Waals surface area contributed by atoms with Gasteiger partial charge in [0.25, 0.3) is 11.8 Å². The average Bonchev–Trinajstić information content (AvgIpc) is 3.34. The molecule has 30 heavy (non-hydrogen) atoms. The number of carbonyl (C=O) groups excluding carboxylic acids is 3. The number of aromatic amines is 1. The smallest absolute Gasteiger partial charge is 0.261 e. The average molecular weight is 423 g/mol. The number of hydrogen-bond acceptors (Lipinski definition) is 6. The summed E-state index contributed by atoms with van der Waals surface area (Å²) in [4.78, 5) is 42.0. The number of thiophene rings is 1. The summed E-state index contributed by atoms with van der Waals surface area (Å²) in [6.07, 6.45) is 3.09. The zero-order chi connectivity index (χ0) is 20.8. The van der Waals surface area contributed by atoms with Crippen molar-refractivity contribution in [2.45, 2.75) is 25.4 Å². The molecule has 0 aliphatic carbocycles. The standard InChI is InChI=1S/C21H21N5O3S/c1-22-20(28)19-17(18(27)15-4-6-23-15)13-10-26(7-5-16(13)30-19)21(29)11-2-3-14-12(8-11)9-24-25-14/h2-3,8-9,15,23H,4-7,10H2,1H3,(H,22,28)(H,24,25)/t15-/m1/s1. The molecule has 1 saturated heterocycles. The van der Waals surface area contributed by atoms with E-state index in [1.807, 2.05) is 12.1 Å². The number of nitrogens with zero attached hydrogens (tertiary/aromatic N) is 2. The van der Waals surface area contributed by atoms with Crippen molar-refractivity contribution < 1.29 is 14.4 Å². The number of hydrogen-bond donors (Lipinski definition) is 3. The van der Waals surface area contributed by atoms with E-state index in [9.17, 15) is 14.4 Å². The molecule has 0 spiro atoms. The molecule has 9 heteroatoms. The first-order chi connectivity index (χ1) is 14.6. The van der Waals surface area contributed by atoms with Crippen molar-refractivity contribution in [2.75, 3.05) is 20.1 Å². The lowest BCUT2D eigenvalue weighted by molar-refractivity contribution is 0.0732. The Morgan fingerprint density at radius 3 is 2.87 bits per heavy atom. The summed E-state index contributed by atoms with van der Waals surface area (Å²) in [6, 6.07) is 5.20. The minimum absolute atomic E-state index is 0.0496. The summed E-state index contributed by atoms with van der Waals surface area (Å²) < 4.78 is 0. The highest BCUT2D eigenvalue weighted by atomic mass is 32.1. The SMILES string of the molecule is CNC(=O)c1sc2c(c1C(=O)[C@H]1CCN1)CN(C(=O)c1ccc3[nH]ncc3c1)CC2. The van der Waals surface area contributed by atoms with Crippen LogP contribution in [0.4, 0.5) is 0 Å². The van der Waals surface area contributed by atoms with Crippen LogP contribution >= 0.6 is 11.3 Å². The molecule has 1 fully saturated rings. The van der Waals surface area contributed by atoms with Crippen molar-refractivity contribution in [1.82, 2.24) is 25.7 Å². The second-order valence-electron chi connectivity index (χ2n) is 7.60. The van der Waals surface area contributed by atoms with E-state index < -0.39 is 0 Å². The number of amides is 2. The Labute approximate surface area is 176 Å². The highest BCUT2D eigenvalue weighted by molar-refractivity contribution is 7.14. The number of fused-ring (bicyclic) bond motifs is 2. The van der Waals surface area contributed by atoms with Crippen molar-refractivity contribution in [3.05, 3.63) is 50.8 Å². The predicted molar refractivity (Wildman–Crippen MR) is 113 cm³/mol. The topological polar surface area (TPSA) is 107 Å². The van der Waals surface area contributed by atoms with Gasteiger partial charge in [0, 0.05) is 41.5 Å². The lowest BCUT2D eigenvalue weighted by Gasteiger charge is -2.30. The molecule has 3 aromatic rings. The lowest BCUT2D eigenvalue weighted by Crippen LogP contribution is -2.49. The quantitative estimate of drug-likeness (QED) is 0.554. The molecule has 5 rings (SSSR count). The maximum atomic E-state index is 13.2. The van der Waals surface area contributed by atoms with E-state index in [0.29, 0.717) is 35.5 Å². The number of benzene rings is 1. The molecular weight excluding hydrogens is 402 g/mol. The van der Waals surface area contributed by atoms with Gasteiger partial charge in [0.15, 0.2) is 5.78 Å². The van der Waals surface area contributed by atoms with Crippen LogP contribution in [0.1, 0.15) is 47.2 Å². The van der Waals surface area contributed by atoms with Crippen molar-refractivity contribution in [3.63, 3.8) is 0 Å². The largest absolute Gasteiger partial charge is 0.354 e. The maximum Gasteiger partial charge on any atom is 0.261 e. The summed E-state index contributed by atoms with van der Waals surface area (Å²) >= 11 is 1.38. The van der Waals surface area contributed by atoms with E-state index in [-0.39, 0.29) is 23.6 Å². The molecule has 0 saturated carbocycles. The van der Waals surface area contributed by atoms with Crippen LogP contribution in [0.15, 0.2) is 24.4 Å². The minimum atomic E-state index is -0.250. The van der Waals surface area contributed by atoms with Gasteiger partial charge in [0.1, 0.15) is 4.88 Å². The molecule has 2 aromatic heterocycles. The number of carbonyl (C=O) groups is 3. The Morgan fingerprint density at radius 1 is 1.30 bits per heavy atom. The Bertz CT molecular complexity index is 1180. The Kier molecular flexibility index (Phi) is 4.63. The van der Waals surface area contributed by atoms with E-state index in [1.54, 1.807) is 24.2 Å². The number of rotatable bonds is 4. The van der Waals surface area contributed by atoms with Crippen LogP contribution in [-0.4, -0.2) is 58.9 Å². The number of nitrogens with one attached hydrogen (secondary N) is 3. The van der Waals surface area contributed by atoms with E-state index in [1.165, 1.54) is 11.3 Å². The van der Waals surface area contributed by atoms with Gasteiger partial charge in [0.2, 0.25) is 0 Å². The second kappa shape index (κ2) is 7.33. The maximum absolute atomic E-state index is 13.2. The van der Waals surface area contributed by atoms with Crippen LogP contribution in [0.5, 0.6) is 0 Å². The second-order valence-corrected chi connectivity index (χ2v) is 8.70. The molecule has 2 amide bonds. The Morgan fingerprint density at radius 2 is 2.13 bits per heavy atom. The third-order valence-electron chi connectivity index (χ3n) is 5.84. The summed E-state index contributed by atoms with van der Waals surface area (Å²) in [5.41, 5.74) is 2.76. The molecule has 8 nitrogen and oxygen atoms in total. The minimum Gasteiger partial charge on any atom is -0.354 e. The first-order valence-corrected chi connectivity index (χ1v) is 10.7. The zero-order valence-electron chi connectivity index (χ0n) is 16.4. The van der Waals surface area contributed by atoms with Gasteiger partial charge in [-0.15, -0.1) is 11.3 Å². The first-order valence-electron chi connectivity index (χ1n) is 9.93. The monoisotopic (exact) mass is 423 g/mol. The van der Waals surface area contributed by atoms with Gasteiger partial charge in [0.05, 0.1) is 17.8 Å². The van der Waals surface area contributed by atoms with Crippen molar-refractivity contribution in [3.8, 4) is 0 Å². The van der Waals surface area contributed by atoms with Crippen molar-refractivity contribution in [2.24, 2.45) is 0 Å². The number of ketones is 1. The van der Waals surface area contributed by atoms with Crippen LogP contribution in [0.2, 0.25) is 0 Å². The van der Waals surface area contributed by atoms with E-state index in [4.69, 9.17) is 0 Å². The molecule has 3 N–H and O–H groups in total. The van der Waals surface area contributed by atoms with E-state index in [2.05, 4.69) is 20.8 Å². The summed E-state index contributed by atoms with van der Waals surface area (Å²) in [5.74, 6) is -0.386. The Hall–Kier alpha value is -3.04. The van der Waals surface area contributed by atoms with Gasteiger partial charge >= 0.3 is 0 Å². The molecule has 2 aliphatic heterocycles. The highest BCUT2D eigenvalue weighted by Crippen LogP contribution is 2.35. The number of aromatic nitrogens is 2. The molecule has 1 atom stereocenters. The summed E-state index contributed by atoms with van der Waals surface area (Å²) in [7, 11) is 1.57. The van der Waals surface area contributed by atoms with Crippen molar-refractivity contribution in [1.29, 1.82) is 0 Å². The van der Waals surface area contributed by atoms with Crippen LogP contribution in [0.25, 0.3) is 10.9 Å². The molecule has 154 valence electrons. The zero-order valence-corrected chi connectivity index (χ0v) is 17.3. The molecule has 0 radical (unpaired) electrons. The van der Waals surface area contributed by atoms with E-state index in [0.717, 1.165) is 34.3 Å². The molecule has 2 aliphatic rings. The molecular formula is C21H21N5O3S. The predicted octanol–water partition coefficient (Wildman–Crippen LogP) is 1.73. The van der Waals surface area contributed by atoms with Gasteiger partial charge in [-0.3, -0.25) is 19.5 Å². The fourth-order valence-corrected chi connectivity index (χ4v) is 5.29. The lowest BCUT2D eigenvalue weighted by atomic mass is 9.91. The summed E-state index contributed by atoms with van der Waals surface area (Å²) in [6.45, 7) is 1.69. The fraction of sp³-hybridized carbons (Fsp3) is 0.333. The third kappa shape index (κ3) is 3.01. The van der Waals surface area contributed by atoms with Crippen LogP contribution in [0, 0.1) is 0 Å². The summed E-state index contributed by atoms with van der Waals surface area (Å²) in [5, 5.41) is 13.5. The third-order valence-corrected chi connectivity index (χ3v) is 7.13. The van der Waals surface area contributed by atoms with Crippen LogP contribution < -0.4 is 10.6 Å². The number of Topliss-reactive ketones (excluding diaryl/α,β-unsaturated/α-hetero) is 1. The van der Waals surface area contributed by atoms with Crippen LogP contribution in [-0.2, 0) is 13.0 Å². The highest BCUT2D eigenvalue weighted by Gasteiger charge is 2.36. The van der Waals surface area contributed by atoms with Gasteiger partial charge in [-0.2, -0.15) is 5.10 Å². The van der Waals surface area contributed by atoms with Gasteiger partial charge in [-0.1, -0.05) is 0 Å². The molecule has 4 heterocycles. The first kappa shape index (κ1) is 19.0. The molecule has 0 bridgehead atoms. The van der Waals surface area contributed by atoms with Gasteiger partial charge < -0.3 is 15.5 Å². The number of H-pyrrole nitrogens is 1. The van der Waals surface area contributed by atoms with Crippen LogP contribution in [0.3, 0.4) is 0 Å². The molecule has 0 unspecified atom stereocenters. The van der Waals surface area contributed by atoms with Crippen molar-refractivity contribution >= 4 is 39.8 Å². The molecule has 1 aromatic carbocycles. The van der Waals surface area contributed by atoms with E-state index >= 15 is 0 Å². The normalized spacial score (nSPS) is 18.0.